The van der Waals surface area contributed by atoms with Crippen molar-refractivity contribution in [1.29, 1.82) is 0 Å². The van der Waals surface area contributed by atoms with Crippen molar-refractivity contribution in [3.63, 3.8) is 0 Å². The second kappa shape index (κ2) is 5.88. The van der Waals surface area contributed by atoms with Crippen LogP contribution in [-0.4, -0.2) is 19.7 Å². The van der Waals surface area contributed by atoms with Crippen LogP contribution in [-0.2, 0) is 6.54 Å². The van der Waals surface area contributed by atoms with Crippen LogP contribution in [0.5, 0.6) is 0 Å². The van der Waals surface area contributed by atoms with Crippen LogP contribution in [0.25, 0.3) is 0 Å². The van der Waals surface area contributed by atoms with Crippen LogP contribution in [0.4, 0.5) is 10.1 Å². The van der Waals surface area contributed by atoms with Crippen LogP contribution in [0.3, 0.4) is 0 Å². The van der Waals surface area contributed by atoms with Crippen LogP contribution < -0.4 is 0 Å². The zero-order chi connectivity index (χ0) is 15.7. The van der Waals surface area contributed by atoms with Crippen LogP contribution >= 0.6 is 11.8 Å². The lowest BCUT2D eigenvalue weighted by Crippen LogP contribution is -2.02. The fourth-order valence-electron chi connectivity index (χ4n) is 2.10. The van der Waals surface area contributed by atoms with Crippen molar-refractivity contribution in [1.82, 2.24) is 14.8 Å². The number of allylic oxidation sites excluding steroid dienone is 1. The number of nitrogens with zero attached hydrogens (tertiary/aromatic N) is 4. The SMILES string of the molecule is C=CCn1c(Sc2ccc([N+](=O)[O-])cc2F)nnc1C1CC1. The van der Waals surface area contributed by atoms with Gasteiger partial charge in [0.25, 0.3) is 5.69 Å². The molecule has 0 atom stereocenters. The summed E-state index contributed by atoms with van der Waals surface area (Å²) in [4.78, 5) is 10.3. The number of nitro benzene ring substituents is 1. The van der Waals surface area contributed by atoms with Crippen LogP contribution in [0.2, 0.25) is 0 Å². The molecule has 1 heterocycles. The topological polar surface area (TPSA) is 73.8 Å². The Morgan fingerprint density at radius 3 is 2.86 bits per heavy atom. The average molecular weight is 320 g/mol. The molecule has 0 N–H and O–H groups in total. The summed E-state index contributed by atoms with van der Waals surface area (Å²) in [7, 11) is 0. The van der Waals surface area contributed by atoms with Crippen LogP contribution in [0, 0.1) is 15.9 Å². The lowest BCUT2D eigenvalue weighted by Gasteiger charge is -2.07. The van der Waals surface area contributed by atoms with Gasteiger partial charge in [0.2, 0.25) is 0 Å². The van der Waals surface area contributed by atoms with Gasteiger partial charge in [0, 0.05) is 18.5 Å². The molecule has 22 heavy (non-hydrogen) atoms. The fourth-order valence-corrected chi connectivity index (χ4v) is 2.95. The van der Waals surface area contributed by atoms with Gasteiger partial charge in [-0.2, -0.15) is 0 Å². The number of hydrogen-bond donors (Lipinski definition) is 0. The molecule has 1 aliphatic carbocycles. The summed E-state index contributed by atoms with van der Waals surface area (Å²) in [5.41, 5.74) is -0.270. The van der Waals surface area contributed by atoms with E-state index in [1.54, 1.807) is 6.08 Å². The smallest absolute Gasteiger partial charge is 0.272 e. The Bertz CT molecular complexity index is 742. The summed E-state index contributed by atoms with van der Waals surface area (Å²) < 4.78 is 15.9. The molecule has 1 aromatic heterocycles. The molecule has 0 bridgehead atoms. The maximum atomic E-state index is 14.0. The highest BCUT2D eigenvalue weighted by Gasteiger charge is 2.30. The van der Waals surface area contributed by atoms with Crippen molar-refractivity contribution in [3.8, 4) is 0 Å². The molecule has 0 aliphatic heterocycles. The first kappa shape index (κ1) is 14.7. The molecule has 8 heteroatoms. The predicted octanol–water partition coefficient (Wildman–Crippen LogP) is 3.54. The quantitative estimate of drug-likeness (QED) is 0.462. The van der Waals surface area contributed by atoms with Gasteiger partial charge in [-0.3, -0.25) is 10.1 Å². The monoisotopic (exact) mass is 320 g/mol. The maximum absolute atomic E-state index is 14.0. The van der Waals surface area contributed by atoms with Gasteiger partial charge >= 0.3 is 0 Å². The number of halogens is 1. The molecule has 0 unspecified atom stereocenters. The summed E-state index contributed by atoms with van der Waals surface area (Å²) >= 11 is 1.11. The van der Waals surface area contributed by atoms with Gasteiger partial charge in [0.1, 0.15) is 11.6 Å². The Balaban J connectivity index is 1.89. The number of aromatic nitrogens is 3. The average Bonchev–Trinajstić information content (AvgIpc) is 3.25. The van der Waals surface area contributed by atoms with Gasteiger partial charge in [-0.25, -0.2) is 4.39 Å². The van der Waals surface area contributed by atoms with Gasteiger partial charge in [-0.15, -0.1) is 16.8 Å². The molecule has 114 valence electrons. The number of rotatable bonds is 6. The van der Waals surface area contributed by atoms with E-state index in [0.717, 1.165) is 36.5 Å². The van der Waals surface area contributed by atoms with Gasteiger partial charge < -0.3 is 4.57 Å². The molecular weight excluding hydrogens is 307 g/mol. The third-order valence-electron chi connectivity index (χ3n) is 3.33. The van der Waals surface area contributed by atoms with Gasteiger partial charge in [0.15, 0.2) is 5.16 Å². The Morgan fingerprint density at radius 2 is 2.27 bits per heavy atom. The van der Waals surface area contributed by atoms with Crippen molar-refractivity contribution in [2.24, 2.45) is 0 Å². The standard InChI is InChI=1S/C14H13FN4O2S/c1-2-7-18-13(9-3-4-9)16-17-14(18)22-12-6-5-10(19(20)21)8-11(12)15/h2,5-6,8-9H,1,3-4,7H2. The number of hydrogen-bond acceptors (Lipinski definition) is 5. The van der Waals surface area contributed by atoms with Crippen molar-refractivity contribution >= 4 is 17.4 Å². The van der Waals surface area contributed by atoms with E-state index in [0.29, 0.717) is 17.6 Å². The number of non-ortho nitro benzene ring substituents is 1. The van der Waals surface area contributed by atoms with Crippen molar-refractivity contribution < 1.29 is 9.31 Å². The highest BCUT2D eigenvalue weighted by Crippen LogP contribution is 2.41. The largest absolute Gasteiger partial charge is 0.302 e. The molecule has 0 spiro atoms. The van der Waals surface area contributed by atoms with Gasteiger partial charge in [-0.05, 0) is 30.7 Å². The normalized spacial score (nSPS) is 14.0. The highest BCUT2D eigenvalue weighted by molar-refractivity contribution is 7.99. The number of nitro groups is 1. The summed E-state index contributed by atoms with van der Waals surface area (Å²) in [6, 6.07) is 3.58. The maximum Gasteiger partial charge on any atom is 0.272 e. The first-order chi connectivity index (χ1) is 10.6. The summed E-state index contributed by atoms with van der Waals surface area (Å²) in [5, 5.41) is 19.5. The zero-order valence-corrected chi connectivity index (χ0v) is 12.4. The third kappa shape index (κ3) is 2.87. The van der Waals surface area contributed by atoms with Crippen molar-refractivity contribution in [3.05, 3.63) is 52.6 Å². The molecule has 1 fully saturated rings. The molecule has 0 amide bonds. The Morgan fingerprint density at radius 1 is 1.50 bits per heavy atom. The summed E-state index contributed by atoms with van der Waals surface area (Å²) in [5.74, 6) is 0.675. The molecule has 2 aromatic rings. The predicted molar refractivity (Wildman–Crippen MR) is 79.4 cm³/mol. The van der Waals surface area contributed by atoms with Crippen LogP contribution in [0.1, 0.15) is 24.6 Å². The van der Waals surface area contributed by atoms with E-state index in [1.807, 2.05) is 4.57 Å². The lowest BCUT2D eigenvalue weighted by atomic mass is 10.3. The summed E-state index contributed by atoms with van der Waals surface area (Å²) in [6.07, 6.45) is 3.92. The van der Waals surface area contributed by atoms with E-state index in [4.69, 9.17) is 0 Å². The van der Waals surface area contributed by atoms with E-state index in [2.05, 4.69) is 16.8 Å². The fraction of sp³-hybridized carbons (Fsp3) is 0.286. The Labute approximate surface area is 130 Å². The second-order valence-corrected chi connectivity index (χ2v) is 6.00. The van der Waals surface area contributed by atoms with Gasteiger partial charge in [0.05, 0.1) is 15.9 Å². The minimum Gasteiger partial charge on any atom is -0.302 e. The highest BCUT2D eigenvalue weighted by atomic mass is 32.2. The molecule has 0 radical (unpaired) electrons. The molecule has 3 rings (SSSR count). The zero-order valence-electron chi connectivity index (χ0n) is 11.6. The lowest BCUT2D eigenvalue weighted by molar-refractivity contribution is -0.385. The van der Waals surface area contributed by atoms with E-state index in [-0.39, 0.29) is 10.6 Å². The Kier molecular flexibility index (Phi) is 3.93. The van der Waals surface area contributed by atoms with E-state index < -0.39 is 10.7 Å². The first-order valence-corrected chi connectivity index (χ1v) is 7.57. The van der Waals surface area contributed by atoms with Crippen molar-refractivity contribution in [2.75, 3.05) is 0 Å². The molecule has 1 aromatic carbocycles. The molecule has 1 saturated carbocycles. The number of benzene rings is 1. The minimum atomic E-state index is -0.639. The molecule has 0 saturated heterocycles. The first-order valence-electron chi connectivity index (χ1n) is 6.76. The Hall–Kier alpha value is -2.22. The molecule has 6 nitrogen and oxygen atoms in total. The summed E-state index contributed by atoms with van der Waals surface area (Å²) in [6.45, 7) is 4.27. The van der Waals surface area contributed by atoms with Gasteiger partial charge in [-0.1, -0.05) is 6.08 Å². The van der Waals surface area contributed by atoms with E-state index in [1.165, 1.54) is 12.1 Å². The third-order valence-corrected chi connectivity index (χ3v) is 4.36. The molecule has 1 aliphatic rings. The van der Waals surface area contributed by atoms with Crippen molar-refractivity contribution in [2.45, 2.75) is 35.4 Å². The van der Waals surface area contributed by atoms with E-state index >= 15 is 0 Å². The second-order valence-electron chi connectivity index (χ2n) is 4.99. The minimum absolute atomic E-state index is 0.270. The molecular formula is C14H13FN4O2S. The van der Waals surface area contributed by atoms with Crippen LogP contribution in [0.15, 0.2) is 40.9 Å². The van der Waals surface area contributed by atoms with E-state index in [9.17, 15) is 14.5 Å².